The lowest BCUT2D eigenvalue weighted by atomic mass is 10.1. The number of hydrogen-bond acceptors (Lipinski definition) is 7. The second-order valence-corrected chi connectivity index (χ2v) is 10.3. The average Bonchev–Trinajstić information content (AvgIpc) is 3.48. The van der Waals surface area contributed by atoms with E-state index in [-0.39, 0.29) is 18.4 Å². The van der Waals surface area contributed by atoms with Crippen molar-refractivity contribution in [2.75, 3.05) is 13.7 Å². The molecule has 3 aromatic rings. The van der Waals surface area contributed by atoms with Gasteiger partial charge in [-0.05, 0) is 30.5 Å². The molecule has 1 saturated heterocycles. The Labute approximate surface area is 215 Å². The summed E-state index contributed by atoms with van der Waals surface area (Å²) in [6.45, 7) is 1.04. The average molecular weight is 546 g/mol. The third-order valence-corrected chi connectivity index (χ3v) is 7.39. The van der Waals surface area contributed by atoms with Gasteiger partial charge >= 0.3 is 13.4 Å². The van der Waals surface area contributed by atoms with Gasteiger partial charge in [-0.3, -0.25) is 23.7 Å². The second kappa shape index (κ2) is 11.4. The monoisotopic (exact) mass is 546 g/mol. The Morgan fingerprint density at radius 3 is 2.92 bits per heavy atom. The van der Waals surface area contributed by atoms with E-state index in [0.717, 1.165) is 21.0 Å². The highest BCUT2D eigenvalue weighted by Crippen LogP contribution is 2.40. The molecule has 0 aliphatic carbocycles. The van der Waals surface area contributed by atoms with Crippen LogP contribution in [0.15, 0.2) is 51.4 Å². The minimum atomic E-state index is -4.56. The molecule has 15 nitrogen and oxygen atoms in total. The van der Waals surface area contributed by atoms with E-state index in [4.69, 9.17) is 14.8 Å². The van der Waals surface area contributed by atoms with Gasteiger partial charge in [0.05, 0.1) is 18.8 Å². The normalized spacial score (nSPS) is 21.5. The summed E-state index contributed by atoms with van der Waals surface area (Å²) in [6.07, 6.45) is 1.31. The number of aromatic amines is 2. The number of nitrogens with one attached hydrogen (secondary N) is 4. The number of rotatable bonds is 10. The molecule has 4 rings (SSSR count). The van der Waals surface area contributed by atoms with Gasteiger partial charge in [-0.25, -0.2) is 14.4 Å². The third-order valence-electron chi connectivity index (χ3n) is 6.25. The van der Waals surface area contributed by atoms with E-state index in [2.05, 4.69) is 30.4 Å². The third kappa shape index (κ3) is 6.05. The Morgan fingerprint density at radius 1 is 1.42 bits per heavy atom. The number of amides is 1. The molecular formula is C22H27N8O7P. The first-order valence-corrected chi connectivity index (χ1v) is 13.2. The molecule has 0 bridgehead atoms. The number of para-hydroxylation sites is 1. The zero-order chi connectivity index (χ0) is 27.4. The Kier molecular flexibility index (Phi) is 8.17. The highest BCUT2D eigenvalue weighted by molar-refractivity contribution is 7.50. The molecular weight excluding hydrogens is 519 g/mol. The number of azide groups is 1. The van der Waals surface area contributed by atoms with E-state index < -0.39 is 55.9 Å². The highest BCUT2D eigenvalue weighted by atomic mass is 31.2. The Hall–Kier alpha value is -3.71. The molecule has 3 heterocycles. The van der Waals surface area contributed by atoms with E-state index in [0.29, 0.717) is 0 Å². The molecule has 16 heteroatoms. The predicted molar refractivity (Wildman–Crippen MR) is 136 cm³/mol. The Bertz CT molecular complexity index is 1540. The van der Waals surface area contributed by atoms with Gasteiger partial charge in [0.25, 0.3) is 5.56 Å². The van der Waals surface area contributed by atoms with Crippen molar-refractivity contribution in [2.24, 2.45) is 5.11 Å². The van der Waals surface area contributed by atoms with Crippen molar-refractivity contribution in [1.82, 2.24) is 24.9 Å². The summed E-state index contributed by atoms with van der Waals surface area (Å²) >= 11 is 0. The topological polar surface area (TPSA) is 216 Å². The van der Waals surface area contributed by atoms with Gasteiger partial charge in [-0.15, -0.1) is 0 Å². The molecule has 38 heavy (non-hydrogen) atoms. The van der Waals surface area contributed by atoms with E-state index in [9.17, 15) is 23.8 Å². The summed E-state index contributed by atoms with van der Waals surface area (Å²) in [4.78, 5) is 55.0. The van der Waals surface area contributed by atoms with E-state index in [1.165, 1.54) is 20.2 Å². The van der Waals surface area contributed by atoms with Crippen molar-refractivity contribution in [3.63, 3.8) is 0 Å². The number of hydrogen-bond donors (Lipinski definition) is 5. The number of aryl methyl sites for hydroxylation is 1. The van der Waals surface area contributed by atoms with Gasteiger partial charge in [0.1, 0.15) is 12.3 Å². The van der Waals surface area contributed by atoms with Gasteiger partial charge < -0.3 is 19.9 Å². The SMILES string of the molecule is CNC(=O)[C@@H](Cc1c[nH]c2ccccc12)NP(=O)(O)OC[C@H]1O[C@@H](n2cc(C)c(=O)[nH]c2=O)CC1N=[N+]=[N-]. The molecule has 1 amide bonds. The first kappa shape index (κ1) is 27.3. The Balaban J connectivity index is 1.46. The molecule has 2 unspecified atom stereocenters. The Morgan fingerprint density at radius 2 is 2.18 bits per heavy atom. The lowest BCUT2D eigenvalue weighted by molar-refractivity contribution is -0.122. The fraction of sp³-hybridized carbons (Fsp3) is 0.409. The lowest BCUT2D eigenvalue weighted by Crippen LogP contribution is -2.43. The molecule has 0 radical (unpaired) electrons. The van der Waals surface area contributed by atoms with Crippen molar-refractivity contribution in [2.45, 2.75) is 44.2 Å². The van der Waals surface area contributed by atoms with Gasteiger partial charge in [-0.1, -0.05) is 23.3 Å². The maximum Gasteiger partial charge on any atom is 0.403 e. The van der Waals surface area contributed by atoms with Crippen molar-refractivity contribution < 1.29 is 23.5 Å². The maximum absolute atomic E-state index is 12.9. The van der Waals surface area contributed by atoms with E-state index in [1.807, 2.05) is 24.3 Å². The van der Waals surface area contributed by atoms with Crippen LogP contribution in [0.5, 0.6) is 0 Å². The van der Waals surface area contributed by atoms with Crippen molar-refractivity contribution in [1.29, 1.82) is 0 Å². The van der Waals surface area contributed by atoms with Crippen LogP contribution in [-0.2, 0) is 25.0 Å². The first-order valence-electron chi connectivity index (χ1n) is 11.7. The van der Waals surface area contributed by atoms with Gasteiger partial charge in [-0.2, -0.15) is 0 Å². The largest absolute Gasteiger partial charge is 0.403 e. The van der Waals surface area contributed by atoms with Crippen LogP contribution >= 0.6 is 7.75 Å². The number of H-pyrrole nitrogens is 2. The van der Waals surface area contributed by atoms with Crippen molar-refractivity contribution in [3.05, 3.63) is 79.1 Å². The molecule has 1 aliphatic heterocycles. The lowest BCUT2D eigenvalue weighted by Gasteiger charge is -2.23. The van der Waals surface area contributed by atoms with Crippen LogP contribution in [0.1, 0.15) is 23.8 Å². The predicted octanol–water partition coefficient (Wildman–Crippen LogP) is 1.36. The number of benzene rings is 1. The van der Waals surface area contributed by atoms with Gasteiger partial charge in [0.15, 0.2) is 0 Å². The van der Waals surface area contributed by atoms with Crippen molar-refractivity contribution >= 4 is 24.6 Å². The van der Waals surface area contributed by atoms with Gasteiger partial charge in [0.2, 0.25) is 5.91 Å². The second-order valence-electron chi connectivity index (χ2n) is 8.79. The molecule has 0 saturated carbocycles. The summed E-state index contributed by atoms with van der Waals surface area (Å²) in [7, 11) is -3.15. The van der Waals surface area contributed by atoms with Crippen LogP contribution < -0.4 is 21.7 Å². The van der Waals surface area contributed by atoms with E-state index >= 15 is 0 Å². The molecule has 1 aromatic carbocycles. The fourth-order valence-corrected chi connectivity index (χ4v) is 5.35. The zero-order valence-electron chi connectivity index (χ0n) is 20.5. The summed E-state index contributed by atoms with van der Waals surface area (Å²) in [5, 5.41) is 9.39. The van der Waals surface area contributed by atoms with Crippen LogP contribution in [0, 0.1) is 6.92 Å². The number of nitrogens with zero attached hydrogens (tertiary/aromatic N) is 4. The smallest absolute Gasteiger partial charge is 0.361 e. The number of ether oxygens (including phenoxy) is 1. The highest BCUT2D eigenvalue weighted by Gasteiger charge is 2.39. The number of carbonyl (C=O) groups excluding carboxylic acids is 1. The maximum atomic E-state index is 12.9. The summed E-state index contributed by atoms with van der Waals surface area (Å²) in [5.74, 6) is -0.523. The standard InChI is InChI=1S/C22H27N8O7P/c1-12-10-30(22(33)26-20(12)31)19-8-16(27-29-23)18(37-19)11-36-38(34,35)28-17(21(32)24-2)7-13-9-25-15-6-4-3-5-14(13)15/h3-6,9-10,16-19,25H,7-8,11H2,1-2H3,(H,24,32)(H,26,31,33)(H2,28,34,35)/t16?,17-,18-,19-/m1/s1. The molecule has 2 aromatic heterocycles. The molecule has 1 fully saturated rings. The molecule has 5 atom stereocenters. The molecule has 5 N–H and O–H groups in total. The molecule has 202 valence electrons. The summed E-state index contributed by atoms with van der Waals surface area (Å²) < 4.78 is 25.1. The van der Waals surface area contributed by atoms with Crippen LogP contribution in [0.3, 0.4) is 0 Å². The number of carbonyl (C=O) groups is 1. The first-order chi connectivity index (χ1) is 18.1. The summed E-state index contributed by atoms with van der Waals surface area (Å²) in [5.41, 5.74) is 9.58. The quantitative estimate of drug-likeness (QED) is 0.108. The number of aromatic nitrogens is 3. The van der Waals surface area contributed by atoms with Crippen LogP contribution in [0.4, 0.5) is 0 Å². The molecule has 0 spiro atoms. The van der Waals surface area contributed by atoms with Crippen LogP contribution in [-0.4, -0.2) is 57.2 Å². The summed E-state index contributed by atoms with van der Waals surface area (Å²) in [6, 6.07) is 5.52. The minimum absolute atomic E-state index is 0.0636. The van der Waals surface area contributed by atoms with Gasteiger partial charge in [0, 0.05) is 47.2 Å². The number of fused-ring (bicyclic) bond motifs is 1. The fourth-order valence-electron chi connectivity index (χ4n) is 4.32. The number of likely N-dealkylation sites (N-methyl/N-ethyl adjacent to an activating group) is 1. The zero-order valence-corrected chi connectivity index (χ0v) is 21.4. The van der Waals surface area contributed by atoms with Crippen molar-refractivity contribution in [3.8, 4) is 0 Å². The van der Waals surface area contributed by atoms with Crippen LogP contribution in [0.25, 0.3) is 21.3 Å². The van der Waals surface area contributed by atoms with E-state index in [1.54, 1.807) is 6.20 Å². The minimum Gasteiger partial charge on any atom is -0.361 e. The van der Waals surface area contributed by atoms with Crippen LogP contribution in [0.2, 0.25) is 0 Å². The molecule has 1 aliphatic rings.